The largest absolute Gasteiger partial charge is 0.395 e. The molecule has 0 bridgehead atoms. The molecule has 1 aliphatic rings. The zero-order chi connectivity index (χ0) is 13.5. The van der Waals surface area contributed by atoms with Crippen molar-refractivity contribution < 1.29 is 10.3 Å². The van der Waals surface area contributed by atoms with E-state index in [1.54, 1.807) is 0 Å². The van der Waals surface area contributed by atoms with Crippen LogP contribution in [0.3, 0.4) is 0 Å². The first-order valence-electron chi connectivity index (χ1n) is 6.44. The Morgan fingerprint density at radius 1 is 1.15 bits per heavy atom. The summed E-state index contributed by atoms with van der Waals surface area (Å²) in [6.45, 7) is 4.90. The highest BCUT2D eigenvalue weighted by atomic mass is 35.5. The van der Waals surface area contributed by atoms with E-state index >= 15 is 0 Å². The van der Waals surface area contributed by atoms with E-state index in [4.69, 9.17) is 10.3 Å². The fourth-order valence-electron chi connectivity index (χ4n) is 2.22. The van der Waals surface area contributed by atoms with E-state index in [1.807, 2.05) is 29.7 Å². The van der Waals surface area contributed by atoms with Crippen molar-refractivity contribution in [2.75, 3.05) is 44.2 Å². The molecule has 0 aromatic heterocycles. The van der Waals surface area contributed by atoms with Crippen LogP contribution >= 0.6 is 12.4 Å². The summed E-state index contributed by atoms with van der Waals surface area (Å²) in [5.74, 6) is 0. The number of piperazine rings is 1. The summed E-state index contributed by atoms with van der Waals surface area (Å²) in [4.78, 5) is 8.60. The number of hydrogen-bond acceptors (Lipinski definition) is 5. The van der Waals surface area contributed by atoms with E-state index in [0.717, 1.165) is 38.4 Å². The van der Waals surface area contributed by atoms with Crippen molar-refractivity contribution in [3.05, 3.63) is 24.3 Å². The standard InChI is InChI=1S/C13H20N4O2.ClH/c18-10-9-16-5-7-17(8-6-16)13-3-1-12(2-4-13)14-11-15-19;/h1-4,11,18-19H,5-10H2,(H,14,15);1H. The van der Waals surface area contributed by atoms with Crippen molar-refractivity contribution in [2.24, 2.45) is 4.99 Å². The van der Waals surface area contributed by atoms with Gasteiger partial charge in [0.1, 0.15) is 6.34 Å². The molecule has 7 heteroatoms. The van der Waals surface area contributed by atoms with Gasteiger partial charge in [-0.05, 0) is 24.3 Å². The van der Waals surface area contributed by atoms with Crippen molar-refractivity contribution >= 4 is 30.1 Å². The lowest BCUT2D eigenvalue weighted by atomic mass is 10.2. The lowest BCUT2D eigenvalue weighted by Gasteiger charge is -2.35. The maximum absolute atomic E-state index is 8.91. The number of hydroxylamine groups is 1. The third-order valence-corrected chi connectivity index (χ3v) is 3.27. The van der Waals surface area contributed by atoms with E-state index < -0.39 is 0 Å². The summed E-state index contributed by atoms with van der Waals surface area (Å²) in [7, 11) is 0. The quantitative estimate of drug-likeness (QED) is 0.427. The second kappa shape index (κ2) is 8.76. The molecule has 1 saturated heterocycles. The maximum atomic E-state index is 8.91. The van der Waals surface area contributed by atoms with Gasteiger partial charge in [-0.15, -0.1) is 12.4 Å². The lowest BCUT2D eigenvalue weighted by molar-refractivity contribution is 0.189. The third-order valence-electron chi connectivity index (χ3n) is 3.27. The summed E-state index contributed by atoms with van der Waals surface area (Å²) in [6, 6.07) is 7.91. The molecular weight excluding hydrogens is 280 g/mol. The molecule has 3 N–H and O–H groups in total. The molecule has 0 spiro atoms. The number of halogens is 1. The molecule has 112 valence electrons. The van der Waals surface area contributed by atoms with Gasteiger partial charge in [0, 0.05) is 38.4 Å². The van der Waals surface area contributed by atoms with Crippen LogP contribution in [-0.2, 0) is 0 Å². The van der Waals surface area contributed by atoms with E-state index in [2.05, 4.69) is 14.8 Å². The molecule has 0 aliphatic carbocycles. The Hall–Kier alpha value is -1.34. The highest BCUT2D eigenvalue weighted by Gasteiger charge is 2.16. The first-order chi connectivity index (χ1) is 9.33. The fourth-order valence-corrected chi connectivity index (χ4v) is 2.22. The Balaban J connectivity index is 0.00000200. The topological polar surface area (TPSA) is 71.3 Å². The number of β-amino-alcohol motifs (C(OH)–C–C–N with tert-alkyl or cyclic N) is 1. The van der Waals surface area contributed by atoms with Crippen LogP contribution in [0.4, 0.5) is 11.4 Å². The maximum Gasteiger partial charge on any atom is 0.113 e. The molecule has 0 unspecified atom stereocenters. The minimum absolute atomic E-state index is 0. The Morgan fingerprint density at radius 2 is 1.80 bits per heavy atom. The molecule has 0 amide bonds. The molecule has 20 heavy (non-hydrogen) atoms. The Morgan fingerprint density at radius 3 is 2.35 bits per heavy atom. The van der Waals surface area contributed by atoms with Gasteiger partial charge in [-0.3, -0.25) is 15.6 Å². The van der Waals surface area contributed by atoms with E-state index in [0.29, 0.717) is 0 Å². The molecule has 1 aromatic carbocycles. The zero-order valence-electron chi connectivity index (χ0n) is 11.3. The van der Waals surface area contributed by atoms with E-state index in [9.17, 15) is 0 Å². The van der Waals surface area contributed by atoms with Gasteiger partial charge < -0.3 is 10.0 Å². The summed E-state index contributed by atoms with van der Waals surface area (Å²) in [6.07, 6.45) is 1.24. The van der Waals surface area contributed by atoms with Crippen molar-refractivity contribution in [1.29, 1.82) is 0 Å². The second-order valence-corrected chi connectivity index (χ2v) is 4.46. The van der Waals surface area contributed by atoms with Crippen molar-refractivity contribution in [2.45, 2.75) is 0 Å². The molecular formula is C13H21ClN4O2. The Labute approximate surface area is 125 Å². The molecule has 1 heterocycles. The van der Waals surface area contributed by atoms with Gasteiger partial charge in [0.25, 0.3) is 0 Å². The Bertz CT molecular complexity index is 405. The highest BCUT2D eigenvalue weighted by Crippen LogP contribution is 2.20. The van der Waals surface area contributed by atoms with Gasteiger partial charge >= 0.3 is 0 Å². The molecule has 0 atom stereocenters. The van der Waals surface area contributed by atoms with Gasteiger partial charge in [0.05, 0.1) is 12.3 Å². The molecule has 0 radical (unpaired) electrons. The minimum atomic E-state index is 0. The van der Waals surface area contributed by atoms with Gasteiger partial charge in [0.15, 0.2) is 0 Å². The average Bonchev–Trinajstić information content (AvgIpc) is 2.47. The Kier molecular flexibility index (Phi) is 7.32. The summed E-state index contributed by atoms with van der Waals surface area (Å²) < 4.78 is 0. The third kappa shape index (κ3) is 4.64. The predicted molar refractivity (Wildman–Crippen MR) is 82.5 cm³/mol. The van der Waals surface area contributed by atoms with Crippen LogP contribution in [-0.4, -0.2) is 60.9 Å². The van der Waals surface area contributed by atoms with Gasteiger partial charge in [-0.1, -0.05) is 0 Å². The first-order valence-corrected chi connectivity index (χ1v) is 6.44. The van der Waals surface area contributed by atoms with Crippen LogP contribution < -0.4 is 10.4 Å². The summed E-state index contributed by atoms with van der Waals surface area (Å²) >= 11 is 0. The van der Waals surface area contributed by atoms with Crippen LogP contribution in [0.25, 0.3) is 0 Å². The zero-order valence-corrected chi connectivity index (χ0v) is 12.1. The summed E-state index contributed by atoms with van der Waals surface area (Å²) in [5.41, 5.74) is 3.86. The van der Waals surface area contributed by atoms with Crippen LogP contribution in [0.2, 0.25) is 0 Å². The van der Waals surface area contributed by atoms with Crippen molar-refractivity contribution in [1.82, 2.24) is 10.4 Å². The molecule has 1 fully saturated rings. The first kappa shape index (κ1) is 16.7. The second-order valence-electron chi connectivity index (χ2n) is 4.46. The lowest BCUT2D eigenvalue weighted by Crippen LogP contribution is -2.47. The van der Waals surface area contributed by atoms with Crippen LogP contribution in [0, 0.1) is 0 Å². The molecule has 1 aliphatic heterocycles. The number of aliphatic imine (C=N–C) groups is 1. The fraction of sp³-hybridized carbons (Fsp3) is 0.462. The number of rotatable bonds is 5. The smallest absolute Gasteiger partial charge is 0.113 e. The van der Waals surface area contributed by atoms with Gasteiger partial charge in [-0.25, -0.2) is 4.99 Å². The van der Waals surface area contributed by atoms with Crippen LogP contribution in [0.1, 0.15) is 0 Å². The van der Waals surface area contributed by atoms with Crippen molar-refractivity contribution in [3.8, 4) is 0 Å². The number of nitrogens with one attached hydrogen (secondary N) is 1. The monoisotopic (exact) mass is 300 g/mol. The number of nitrogens with zero attached hydrogens (tertiary/aromatic N) is 3. The number of benzene rings is 1. The molecule has 0 saturated carbocycles. The van der Waals surface area contributed by atoms with E-state index in [-0.39, 0.29) is 19.0 Å². The number of aliphatic hydroxyl groups is 1. The SMILES string of the molecule is Cl.OCCN1CCN(c2ccc(N=CNO)cc2)CC1. The van der Waals surface area contributed by atoms with Gasteiger partial charge in [0.2, 0.25) is 0 Å². The number of hydrogen-bond donors (Lipinski definition) is 3. The molecule has 2 rings (SSSR count). The van der Waals surface area contributed by atoms with Crippen LogP contribution in [0.15, 0.2) is 29.3 Å². The van der Waals surface area contributed by atoms with Gasteiger partial charge in [-0.2, -0.15) is 0 Å². The molecule has 6 nitrogen and oxygen atoms in total. The number of aliphatic hydroxyl groups excluding tert-OH is 1. The predicted octanol–water partition coefficient (Wildman–Crippen LogP) is 0.861. The minimum Gasteiger partial charge on any atom is -0.395 e. The summed E-state index contributed by atoms with van der Waals surface area (Å²) in [5, 5.41) is 17.3. The van der Waals surface area contributed by atoms with E-state index in [1.165, 1.54) is 12.0 Å². The van der Waals surface area contributed by atoms with Crippen LogP contribution in [0.5, 0.6) is 0 Å². The number of anilines is 1. The molecule has 1 aromatic rings. The average molecular weight is 301 g/mol. The normalized spacial score (nSPS) is 16.2. The van der Waals surface area contributed by atoms with Crippen molar-refractivity contribution in [3.63, 3.8) is 0 Å². The highest BCUT2D eigenvalue weighted by molar-refractivity contribution is 5.85.